The summed E-state index contributed by atoms with van der Waals surface area (Å²) in [7, 11) is 0. The molecule has 0 unspecified atom stereocenters. The quantitative estimate of drug-likeness (QED) is 0.271. The Morgan fingerprint density at radius 2 is 1.83 bits per heavy atom. The summed E-state index contributed by atoms with van der Waals surface area (Å²) in [6.07, 6.45) is 0. The third-order valence-electron chi connectivity index (χ3n) is 1.52. The highest BCUT2D eigenvalue weighted by Gasteiger charge is 1.99. The molecular formula is C8H12N4. The number of amidine groups is 1. The van der Waals surface area contributed by atoms with E-state index in [-0.39, 0.29) is 0 Å². The van der Waals surface area contributed by atoms with Gasteiger partial charge in [-0.15, -0.1) is 0 Å². The Morgan fingerprint density at radius 3 is 2.25 bits per heavy atom. The Bertz CT molecular complexity index is 297. The maximum absolute atomic E-state index is 5.53. The Balaban J connectivity index is 3.17. The van der Waals surface area contributed by atoms with Gasteiger partial charge >= 0.3 is 0 Å². The summed E-state index contributed by atoms with van der Waals surface area (Å²) in [5.74, 6) is 5.38. The predicted octanol–water partition coefficient (Wildman–Crippen LogP) is 0.277. The minimum atomic E-state index is 0.337. The van der Waals surface area contributed by atoms with Crippen molar-refractivity contribution in [2.75, 3.05) is 0 Å². The van der Waals surface area contributed by atoms with E-state index in [1.54, 1.807) is 0 Å². The molecule has 0 spiro atoms. The van der Waals surface area contributed by atoms with Crippen LogP contribution in [0.1, 0.15) is 17.0 Å². The fraction of sp³-hybridized carbons (Fsp3) is 0.250. The van der Waals surface area contributed by atoms with Gasteiger partial charge in [-0.25, -0.2) is 0 Å². The standard InChI is InChI=1S/C8H12N4/c1-5-3-7(8(9)12-10)4-6(2)11-5/h3-4H,10H2,1-2H3,(H2,9,12). The third-order valence-corrected chi connectivity index (χ3v) is 1.52. The van der Waals surface area contributed by atoms with Gasteiger partial charge in [0.05, 0.1) is 0 Å². The zero-order valence-corrected chi connectivity index (χ0v) is 7.20. The fourth-order valence-electron chi connectivity index (χ4n) is 1.06. The average molecular weight is 164 g/mol. The molecule has 0 atom stereocenters. The maximum atomic E-state index is 5.53. The van der Waals surface area contributed by atoms with Crippen LogP contribution in [0.15, 0.2) is 17.2 Å². The molecule has 64 valence electrons. The average Bonchev–Trinajstić information content (AvgIpc) is 2.01. The molecule has 0 aliphatic carbocycles. The largest absolute Gasteiger partial charge is 0.382 e. The molecule has 0 radical (unpaired) electrons. The number of nitrogens with two attached hydrogens (primary N) is 2. The van der Waals surface area contributed by atoms with Crippen molar-refractivity contribution >= 4 is 5.84 Å². The van der Waals surface area contributed by atoms with Gasteiger partial charge in [-0.05, 0) is 26.0 Å². The van der Waals surface area contributed by atoms with Gasteiger partial charge in [-0.1, -0.05) is 0 Å². The number of hydrogen-bond donors (Lipinski definition) is 2. The van der Waals surface area contributed by atoms with Crippen LogP contribution in [-0.4, -0.2) is 10.8 Å². The maximum Gasteiger partial charge on any atom is 0.150 e. The number of rotatable bonds is 1. The van der Waals surface area contributed by atoms with Crippen LogP contribution >= 0.6 is 0 Å². The molecule has 0 saturated carbocycles. The summed E-state index contributed by atoms with van der Waals surface area (Å²) in [5, 5.41) is 3.41. The van der Waals surface area contributed by atoms with E-state index in [0.29, 0.717) is 5.84 Å². The van der Waals surface area contributed by atoms with Crippen molar-refractivity contribution in [1.29, 1.82) is 0 Å². The lowest BCUT2D eigenvalue weighted by Crippen LogP contribution is -2.16. The first-order chi connectivity index (χ1) is 5.63. The predicted molar refractivity (Wildman–Crippen MR) is 48.6 cm³/mol. The van der Waals surface area contributed by atoms with Gasteiger partial charge in [0.25, 0.3) is 0 Å². The molecule has 0 aliphatic heterocycles. The summed E-state index contributed by atoms with van der Waals surface area (Å²) < 4.78 is 0. The highest BCUT2D eigenvalue weighted by molar-refractivity contribution is 5.97. The van der Waals surface area contributed by atoms with Gasteiger partial charge in [0.15, 0.2) is 0 Å². The molecule has 1 aromatic rings. The number of hydrogen-bond acceptors (Lipinski definition) is 3. The first kappa shape index (κ1) is 8.52. The van der Waals surface area contributed by atoms with Gasteiger partial charge in [0, 0.05) is 17.0 Å². The van der Waals surface area contributed by atoms with Crippen molar-refractivity contribution in [1.82, 2.24) is 4.98 Å². The fourth-order valence-corrected chi connectivity index (χ4v) is 1.06. The zero-order valence-electron chi connectivity index (χ0n) is 7.20. The summed E-state index contributed by atoms with van der Waals surface area (Å²) in [4.78, 5) is 4.20. The molecule has 12 heavy (non-hydrogen) atoms. The Kier molecular flexibility index (Phi) is 2.28. The Labute approximate surface area is 71.3 Å². The molecule has 0 amide bonds. The second-order valence-electron chi connectivity index (χ2n) is 2.65. The molecule has 0 saturated heterocycles. The minimum absolute atomic E-state index is 0.337. The summed E-state index contributed by atoms with van der Waals surface area (Å²) in [6.45, 7) is 3.81. The van der Waals surface area contributed by atoms with Crippen molar-refractivity contribution in [3.8, 4) is 0 Å². The van der Waals surface area contributed by atoms with E-state index in [2.05, 4.69) is 10.1 Å². The second-order valence-corrected chi connectivity index (χ2v) is 2.65. The van der Waals surface area contributed by atoms with Gasteiger partial charge in [-0.2, -0.15) is 5.10 Å². The van der Waals surface area contributed by atoms with Crippen LogP contribution in [-0.2, 0) is 0 Å². The number of aryl methyl sites for hydroxylation is 2. The van der Waals surface area contributed by atoms with Crippen LogP contribution in [0.5, 0.6) is 0 Å². The Hall–Kier alpha value is -1.58. The lowest BCUT2D eigenvalue weighted by molar-refractivity contribution is 1.11. The molecule has 4 N–H and O–H groups in total. The molecule has 0 aromatic carbocycles. The Morgan fingerprint density at radius 1 is 1.33 bits per heavy atom. The second kappa shape index (κ2) is 3.21. The minimum Gasteiger partial charge on any atom is -0.382 e. The highest BCUT2D eigenvalue weighted by Crippen LogP contribution is 2.03. The summed E-state index contributed by atoms with van der Waals surface area (Å²) in [5.41, 5.74) is 8.18. The van der Waals surface area contributed by atoms with Crippen LogP contribution in [0, 0.1) is 13.8 Å². The number of nitrogens with zero attached hydrogens (tertiary/aromatic N) is 2. The van der Waals surface area contributed by atoms with Gasteiger partial charge in [0.2, 0.25) is 0 Å². The molecule has 4 nitrogen and oxygen atoms in total. The van der Waals surface area contributed by atoms with E-state index >= 15 is 0 Å². The normalized spacial score (nSPS) is 11.7. The zero-order chi connectivity index (χ0) is 9.14. The van der Waals surface area contributed by atoms with Gasteiger partial charge in [0.1, 0.15) is 5.84 Å². The van der Waals surface area contributed by atoms with E-state index in [0.717, 1.165) is 17.0 Å². The molecule has 0 aliphatic rings. The van der Waals surface area contributed by atoms with Crippen LogP contribution in [0.3, 0.4) is 0 Å². The number of pyridine rings is 1. The van der Waals surface area contributed by atoms with Crippen LogP contribution in [0.4, 0.5) is 0 Å². The number of aromatic nitrogens is 1. The third kappa shape index (κ3) is 1.72. The van der Waals surface area contributed by atoms with Crippen LogP contribution < -0.4 is 11.6 Å². The smallest absolute Gasteiger partial charge is 0.150 e. The van der Waals surface area contributed by atoms with Gasteiger partial charge in [-0.3, -0.25) is 4.98 Å². The van der Waals surface area contributed by atoms with E-state index in [4.69, 9.17) is 11.6 Å². The van der Waals surface area contributed by atoms with E-state index in [9.17, 15) is 0 Å². The highest BCUT2D eigenvalue weighted by atomic mass is 15.2. The molecular weight excluding hydrogens is 152 g/mol. The molecule has 1 heterocycles. The van der Waals surface area contributed by atoms with Crippen molar-refractivity contribution in [2.24, 2.45) is 16.7 Å². The molecule has 1 aromatic heterocycles. The summed E-state index contributed by atoms with van der Waals surface area (Å²) in [6, 6.07) is 3.69. The van der Waals surface area contributed by atoms with E-state index < -0.39 is 0 Å². The van der Waals surface area contributed by atoms with Crippen molar-refractivity contribution in [3.05, 3.63) is 29.1 Å². The lowest BCUT2D eigenvalue weighted by atomic mass is 10.2. The summed E-state index contributed by atoms with van der Waals surface area (Å²) >= 11 is 0. The lowest BCUT2D eigenvalue weighted by Gasteiger charge is -2.01. The van der Waals surface area contributed by atoms with E-state index in [1.165, 1.54) is 0 Å². The monoisotopic (exact) mass is 164 g/mol. The van der Waals surface area contributed by atoms with E-state index in [1.807, 2.05) is 26.0 Å². The first-order valence-electron chi connectivity index (χ1n) is 3.62. The van der Waals surface area contributed by atoms with Crippen LogP contribution in [0.25, 0.3) is 0 Å². The van der Waals surface area contributed by atoms with Crippen molar-refractivity contribution < 1.29 is 0 Å². The van der Waals surface area contributed by atoms with Crippen molar-refractivity contribution in [3.63, 3.8) is 0 Å². The molecule has 4 heteroatoms. The van der Waals surface area contributed by atoms with Crippen LogP contribution in [0.2, 0.25) is 0 Å². The first-order valence-corrected chi connectivity index (χ1v) is 3.62. The van der Waals surface area contributed by atoms with Gasteiger partial charge < -0.3 is 11.6 Å². The molecule has 0 bridgehead atoms. The van der Waals surface area contributed by atoms with Crippen molar-refractivity contribution in [2.45, 2.75) is 13.8 Å². The molecule has 1 rings (SSSR count). The number of hydrazone groups is 1. The topological polar surface area (TPSA) is 77.3 Å². The SMILES string of the molecule is Cc1cc(/C(N)=N/N)cc(C)n1. The molecule has 0 fully saturated rings.